The van der Waals surface area contributed by atoms with Crippen molar-refractivity contribution in [2.45, 2.75) is 52.0 Å². The highest BCUT2D eigenvalue weighted by molar-refractivity contribution is 5.82. The summed E-state index contributed by atoms with van der Waals surface area (Å²) >= 11 is 0. The number of amides is 1. The van der Waals surface area contributed by atoms with Gasteiger partial charge in [0.2, 0.25) is 5.91 Å². The Bertz CT molecular complexity index is 619. The molecule has 1 fully saturated rings. The molecule has 0 spiro atoms. The molecule has 25 heavy (non-hydrogen) atoms. The lowest BCUT2D eigenvalue weighted by Gasteiger charge is -2.23. The van der Waals surface area contributed by atoms with Gasteiger partial charge >= 0.3 is 12.4 Å². The van der Waals surface area contributed by atoms with Crippen molar-refractivity contribution in [1.29, 1.82) is 0 Å². The van der Waals surface area contributed by atoms with Crippen LogP contribution >= 0.6 is 0 Å². The van der Waals surface area contributed by atoms with Gasteiger partial charge in [-0.2, -0.15) is 26.3 Å². The monoisotopic (exact) mass is 367 g/mol. The molecule has 1 saturated carbocycles. The summed E-state index contributed by atoms with van der Waals surface area (Å²) in [7, 11) is 0. The maximum Gasteiger partial charge on any atom is 0.416 e. The summed E-state index contributed by atoms with van der Waals surface area (Å²) in [5.41, 5.74) is -3.63. The van der Waals surface area contributed by atoms with Crippen LogP contribution in [0, 0.1) is 11.3 Å². The molecular weight excluding hydrogens is 348 g/mol. The van der Waals surface area contributed by atoms with E-state index in [4.69, 9.17) is 0 Å². The molecule has 1 aliphatic rings. The molecule has 1 aliphatic carbocycles. The van der Waals surface area contributed by atoms with Crippen molar-refractivity contribution in [3.05, 3.63) is 34.9 Å². The number of carbonyl (C=O) groups excluding carboxylic acids is 1. The highest BCUT2D eigenvalue weighted by atomic mass is 19.4. The highest BCUT2D eigenvalue weighted by Gasteiger charge is 2.40. The molecule has 2 nitrogen and oxygen atoms in total. The first-order valence-corrected chi connectivity index (χ1v) is 7.88. The molecule has 1 aromatic rings. The first kappa shape index (κ1) is 19.6. The van der Waals surface area contributed by atoms with E-state index in [1.807, 2.05) is 6.92 Å². The Hall–Kier alpha value is -1.73. The van der Waals surface area contributed by atoms with Gasteiger partial charge in [0.1, 0.15) is 0 Å². The van der Waals surface area contributed by atoms with Crippen molar-refractivity contribution >= 4 is 5.91 Å². The lowest BCUT2D eigenvalue weighted by atomic mass is 9.86. The predicted octanol–water partition coefficient (Wildman–Crippen LogP) is 5.17. The summed E-state index contributed by atoms with van der Waals surface area (Å²) in [6.45, 7) is 3.38. The number of hydrogen-bond donors (Lipinski definition) is 1. The number of alkyl halides is 6. The molecule has 140 valence electrons. The highest BCUT2D eigenvalue weighted by Crippen LogP contribution is 2.41. The van der Waals surface area contributed by atoms with Gasteiger partial charge in [-0.1, -0.05) is 13.8 Å². The van der Waals surface area contributed by atoms with Crippen molar-refractivity contribution in [2.75, 3.05) is 0 Å². The average molecular weight is 367 g/mol. The van der Waals surface area contributed by atoms with E-state index in [2.05, 4.69) is 5.32 Å². The van der Waals surface area contributed by atoms with Crippen LogP contribution in [0.3, 0.4) is 0 Å². The van der Waals surface area contributed by atoms with E-state index in [-0.39, 0.29) is 24.1 Å². The van der Waals surface area contributed by atoms with E-state index in [1.165, 1.54) is 0 Å². The van der Waals surface area contributed by atoms with Gasteiger partial charge in [0, 0.05) is 12.0 Å². The third-order valence-corrected chi connectivity index (χ3v) is 4.64. The van der Waals surface area contributed by atoms with Crippen LogP contribution in [0.25, 0.3) is 0 Å². The van der Waals surface area contributed by atoms with Crippen molar-refractivity contribution in [2.24, 2.45) is 11.3 Å². The van der Waals surface area contributed by atoms with Gasteiger partial charge in [-0.15, -0.1) is 0 Å². The van der Waals surface area contributed by atoms with Crippen LogP contribution in [0.5, 0.6) is 0 Å². The second-order valence-corrected chi connectivity index (χ2v) is 7.01. The van der Waals surface area contributed by atoms with E-state index in [0.717, 1.165) is 6.42 Å². The summed E-state index contributed by atoms with van der Waals surface area (Å²) in [6.07, 6.45) is -7.63. The predicted molar refractivity (Wildman–Crippen MR) is 79.4 cm³/mol. The topological polar surface area (TPSA) is 29.1 Å². The Morgan fingerprint density at radius 3 is 2.04 bits per heavy atom. The first-order valence-electron chi connectivity index (χ1n) is 7.88. The molecule has 0 saturated heterocycles. The summed E-state index contributed by atoms with van der Waals surface area (Å²) in [5.74, 6) is 0.0176. The van der Waals surface area contributed by atoms with Crippen molar-refractivity contribution in [3.8, 4) is 0 Å². The maximum absolute atomic E-state index is 12.8. The average Bonchev–Trinajstić information content (AvgIpc) is 2.83. The molecule has 2 atom stereocenters. The minimum atomic E-state index is -4.90. The number of halogens is 6. The van der Waals surface area contributed by atoms with Crippen LogP contribution in [0.2, 0.25) is 0 Å². The van der Waals surface area contributed by atoms with E-state index < -0.39 is 28.9 Å². The lowest BCUT2D eigenvalue weighted by molar-refractivity contribution is -0.143. The minimum absolute atomic E-state index is 0.0747. The number of benzene rings is 1. The molecule has 0 bridgehead atoms. The summed E-state index contributed by atoms with van der Waals surface area (Å²) in [4.78, 5) is 12.3. The second kappa shape index (κ2) is 6.53. The van der Waals surface area contributed by atoms with Gasteiger partial charge in [-0.05, 0) is 48.9 Å². The number of nitrogens with one attached hydrogen (secondary N) is 1. The lowest BCUT2D eigenvalue weighted by Crippen LogP contribution is -2.37. The molecule has 2 rings (SSSR count). The van der Waals surface area contributed by atoms with Crippen LogP contribution < -0.4 is 5.32 Å². The summed E-state index contributed by atoms with van der Waals surface area (Å²) < 4.78 is 77.0. The van der Waals surface area contributed by atoms with E-state index in [0.29, 0.717) is 30.9 Å². The van der Waals surface area contributed by atoms with E-state index in [9.17, 15) is 31.1 Å². The standard InChI is InChI=1S/C17H19F6NO/c1-10-3-4-15(2,8-10)14(25)24-9-11-5-12(16(18,19)20)7-13(6-11)17(21,22)23/h5-7,10H,3-4,8-9H2,1-2H3,(H,24,25). The Morgan fingerprint density at radius 1 is 1.12 bits per heavy atom. The molecular formula is C17H19F6NO. The van der Waals surface area contributed by atoms with Crippen molar-refractivity contribution in [3.63, 3.8) is 0 Å². The van der Waals surface area contributed by atoms with Gasteiger partial charge in [0.15, 0.2) is 0 Å². The minimum Gasteiger partial charge on any atom is -0.352 e. The fraction of sp³-hybridized carbons (Fsp3) is 0.588. The summed E-state index contributed by atoms with van der Waals surface area (Å²) in [6, 6.07) is 1.34. The largest absolute Gasteiger partial charge is 0.416 e. The first-order chi connectivity index (χ1) is 11.3. The number of carbonyl (C=O) groups is 1. The number of rotatable bonds is 3. The smallest absolute Gasteiger partial charge is 0.352 e. The normalized spacial score (nSPS) is 24.4. The Labute approximate surface area is 141 Å². The van der Waals surface area contributed by atoms with Crippen LogP contribution in [0.1, 0.15) is 49.8 Å². The summed E-state index contributed by atoms with van der Waals surface area (Å²) in [5, 5.41) is 2.49. The molecule has 0 aromatic heterocycles. The van der Waals surface area contributed by atoms with Gasteiger partial charge < -0.3 is 5.32 Å². The SMILES string of the molecule is CC1CCC(C)(C(=O)NCc2cc(C(F)(F)F)cc(C(F)(F)F)c2)C1. The zero-order valence-corrected chi connectivity index (χ0v) is 13.8. The zero-order chi connectivity index (χ0) is 19.0. The molecule has 8 heteroatoms. The van der Waals surface area contributed by atoms with Crippen LogP contribution in [-0.4, -0.2) is 5.91 Å². The van der Waals surface area contributed by atoms with Gasteiger partial charge in [-0.25, -0.2) is 0 Å². The fourth-order valence-electron chi connectivity index (χ4n) is 3.26. The molecule has 0 radical (unpaired) electrons. The Morgan fingerprint density at radius 2 is 1.64 bits per heavy atom. The van der Waals surface area contributed by atoms with Crippen LogP contribution in [-0.2, 0) is 23.7 Å². The zero-order valence-electron chi connectivity index (χ0n) is 13.8. The van der Waals surface area contributed by atoms with Crippen molar-refractivity contribution < 1.29 is 31.1 Å². The van der Waals surface area contributed by atoms with Gasteiger partial charge in [-0.3, -0.25) is 4.79 Å². The van der Waals surface area contributed by atoms with Crippen molar-refractivity contribution in [1.82, 2.24) is 5.32 Å². The van der Waals surface area contributed by atoms with Crippen LogP contribution in [0.4, 0.5) is 26.3 Å². The molecule has 2 unspecified atom stereocenters. The van der Waals surface area contributed by atoms with E-state index in [1.54, 1.807) is 6.92 Å². The Kier molecular flexibility index (Phi) is 5.12. The molecule has 0 aliphatic heterocycles. The second-order valence-electron chi connectivity index (χ2n) is 7.01. The molecule has 1 aromatic carbocycles. The Balaban J connectivity index is 2.20. The maximum atomic E-state index is 12.8. The number of hydrogen-bond acceptors (Lipinski definition) is 1. The molecule has 1 amide bonds. The third kappa shape index (κ3) is 4.67. The van der Waals surface area contributed by atoms with E-state index >= 15 is 0 Å². The molecule has 0 heterocycles. The quantitative estimate of drug-likeness (QED) is 0.734. The van der Waals surface area contributed by atoms with Gasteiger partial charge in [0.25, 0.3) is 0 Å². The fourth-order valence-corrected chi connectivity index (χ4v) is 3.26. The third-order valence-electron chi connectivity index (χ3n) is 4.64. The van der Waals surface area contributed by atoms with Gasteiger partial charge in [0.05, 0.1) is 11.1 Å². The molecule has 1 N–H and O–H groups in total. The van der Waals surface area contributed by atoms with Crippen LogP contribution in [0.15, 0.2) is 18.2 Å².